The summed E-state index contributed by atoms with van der Waals surface area (Å²) in [7, 11) is 0. The Labute approximate surface area is 160 Å². The second-order valence-corrected chi connectivity index (χ2v) is 7.79. The van der Waals surface area contributed by atoms with Crippen molar-refractivity contribution < 1.29 is 9.15 Å². The molecule has 2 aromatic carbocycles. The molecule has 0 saturated heterocycles. The smallest absolute Gasteiger partial charge is 0.339 e. The average molecular weight is 362 g/mol. The maximum Gasteiger partial charge on any atom is 0.339 e. The van der Waals surface area contributed by atoms with Crippen LogP contribution in [0.2, 0.25) is 0 Å². The van der Waals surface area contributed by atoms with E-state index in [4.69, 9.17) is 9.15 Å². The SMILES string of the molecule is Cc1cc(C)c(C)c(COc2ccc3c4c(c(=O)oc3c2C)CCC4)c1C. The number of hydrogen-bond acceptors (Lipinski definition) is 3. The van der Waals surface area contributed by atoms with Crippen LogP contribution in [0.3, 0.4) is 0 Å². The lowest BCUT2D eigenvalue weighted by molar-refractivity contribution is 0.302. The first-order chi connectivity index (χ1) is 12.9. The Kier molecular flexibility index (Phi) is 4.33. The van der Waals surface area contributed by atoms with Crippen molar-refractivity contribution in [2.24, 2.45) is 0 Å². The topological polar surface area (TPSA) is 39.4 Å². The zero-order valence-corrected chi connectivity index (χ0v) is 16.8. The van der Waals surface area contributed by atoms with Gasteiger partial charge in [-0.25, -0.2) is 4.79 Å². The lowest BCUT2D eigenvalue weighted by Crippen LogP contribution is -2.08. The maximum atomic E-state index is 12.3. The molecule has 140 valence electrons. The van der Waals surface area contributed by atoms with Crippen LogP contribution < -0.4 is 10.4 Å². The molecule has 27 heavy (non-hydrogen) atoms. The number of benzene rings is 2. The first kappa shape index (κ1) is 17.8. The third-order valence-electron chi connectivity index (χ3n) is 6.23. The molecule has 0 spiro atoms. The quantitative estimate of drug-likeness (QED) is 0.585. The molecule has 0 atom stereocenters. The van der Waals surface area contributed by atoms with Gasteiger partial charge in [-0.2, -0.15) is 0 Å². The number of hydrogen-bond donors (Lipinski definition) is 0. The highest BCUT2D eigenvalue weighted by Gasteiger charge is 2.21. The van der Waals surface area contributed by atoms with Gasteiger partial charge < -0.3 is 9.15 Å². The van der Waals surface area contributed by atoms with Crippen molar-refractivity contribution in [1.29, 1.82) is 0 Å². The normalized spacial score (nSPS) is 13.2. The van der Waals surface area contributed by atoms with Crippen molar-refractivity contribution in [1.82, 2.24) is 0 Å². The van der Waals surface area contributed by atoms with Crippen molar-refractivity contribution in [3.63, 3.8) is 0 Å². The Hall–Kier alpha value is -2.55. The zero-order chi connectivity index (χ0) is 19.3. The first-order valence-corrected chi connectivity index (χ1v) is 9.65. The highest BCUT2D eigenvalue weighted by molar-refractivity contribution is 5.86. The summed E-state index contributed by atoms with van der Waals surface area (Å²) in [6.45, 7) is 11.1. The molecule has 4 rings (SSSR count). The lowest BCUT2D eigenvalue weighted by atomic mass is 9.95. The fourth-order valence-corrected chi connectivity index (χ4v) is 4.28. The van der Waals surface area contributed by atoms with E-state index in [0.29, 0.717) is 12.2 Å². The van der Waals surface area contributed by atoms with Crippen molar-refractivity contribution in [2.45, 2.75) is 60.5 Å². The van der Waals surface area contributed by atoms with Gasteiger partial charge in [0.05, 0.1) is 0 Å². The van der Waals surface area contributed by atoms with Crippen molar-refractivity contribution in [2.75, 3.05) is 0 Å². The van der Waals surface area contributed by atoms with Crippen LogP contribution in [0.1, 0.15) is 50.9 Å². The fourth-order valence-electron chi connectivity index (χ4n) is 4.28. The number of fused-ring (bicyclic) bond motifs is 3. The summed E-state index contributed by atoms with van der Waals surface area (Å²) in [4.78, 5) is 12.3. The van der Waals surface area contributed by atoms with Gasteiger partial charge in [0.2, 0.25) is 0 Å². The van der Waals surface area contributed by atoms with E-state index in [1.54, 1.807) is 0 Å². The van der Waals surface area contributed by atoms with Gasteiger partial charge in [-0.3, -0.25) is 0 Å². The van der Waals surface area contributed by atoms with Gasteiger partial charge in [-0.15, -0.1) is 0 Å². The average Bonchev–Trinajstić information content (AvgIpc) is 3.13. The third-order valence-corrected chi connectivity index (χ3v) is 6.23. The molecule has 1 aliphatic rings. The fraction of sp³-hybridized carbons (Fsp3) is 0.375. The highest BCUT2D eigenvalue weighted by Crippen LogP contribution is 2.33. The summed E-state index contributed by atoms with van der Waals surface area (Å²) in [6, 6.07) is 6.29. The molecule has 3 aromatic rings. The minimum atomic E-state index is -0.184. The summed E-state index contributed by atoms with van der Waals surface area (Å²) in [5.41, 5.74) is 9.78. The van der Waals surface area contributed by atoms with E-state index < -0.39 is 0 Å². The lowest BCUT2D eigenvalue weighted by Gasteiger charge is -2.17. The molecule has 0 fully saturated rings. The molecule has 3 nitrogen and oxygen atoms in total. The van der Waals surface area contributed by atoms with Crippen molar-refractivity contribution in [3.8, 4) is 5.75 Å². The molecule has 3 heteroatoms. The largest absolute Gasteiger partial charge is 0.488 e. The number of ether oxygens (including phenoxy) is 1. The Bertz CT molecular complexity index is 1090. The van der Waals surface area contributed by atoms with E-state index in [2.05, 4.69) is 33.8 Å². The molecule has 1 aromatic heterocycles. The molecule has 1 heterocycles. The van der Waals surface area contributed by atoms with Crippen LogP contribution in [0, 0.1) is 34.6 Å². The summed E-state index contributed by atoms with van der Waals surface area (Å²) in [5.74, 6) is 0.779. The van der Waals surface area contributed by atoms with Gasteiger partial charge in [-0.1, -0.05) is 6.07 Å². The van der Waals surface area contributed by atoms with Crippen LogP contribution in [0.15, 0.2) is 27.4 Å². The maximum absolute atomic E-state index is 12.3. The monoisotopic (exact) mass is 362 g/mol. The molecule has 1 aliphatic carbocycles. The molecule has 0 aliphatic heterocycles. The van der Waals surface area contributed by atoms with Gasteiger partial charge >= 0.3 is 5.63 Å². The van der Waals surface area contributed by atoms with Gasteiger partial charge in [0.15, 0.2) is 0 Å². The molecule has 0 saturated carbocycles. The van der Waals surface area contributed by atoms with E-state index in [9.17, 15) is 4.79 Å². The predicted octanol–water partition coefficient (Wildman–Crippen LogP) is 5.40. The van der Waals surface area contributed by atoms with Gasteiger partial charge in [-0.05, 0) is 99.4 Å². The Balaban J connectivity index is 1.73. The summed E-state index contributed by atoms with van der Waals surface area (Å²) in [6.07, 6.45) is 2.82. The van der Waals surface area contributed by atoms with Crippen LogP contribution >= 0.6 is 0 Å². The van der Waals surface area contributed by atoms with Gasteiger partial charge in [0.1, 0.15) is 17.9 Å². The molecular formula is C24H26O3. The van der Waals surface area contributed by atoms with E-state index >= 15 is 0 Å². The zero-order valence-electron chi connectivity index (χ0n) is 16.8. The summed E-state index contributed by atoms with van der Waals surface area (Å²) in [5, 5.41) is 1.06. The standard InChI is InChI=1S/C24H26O3/c1-13-11-14(2)16(4)21(15(13)3)12-26-22-10-9-19-18-7-6-8-20(18)24(25)27-23(19)17(22)5/h9-11H,6-8,12H2,1-5H3. The van der Waals surface area contributed by atoms with Gasteiger partial charge in [0, 0.05) is 16.5 Å². The van der Waals surface area contributed by atoms with Crippen LogP contribution in [0.5, 0.6) is 5.75 Å². The van der Waals surface area contributed by atoms with Gasteiger partial charge in [0.25, 0.3) is 0 Å². The van der Waals surface area contributed by atoms with E-state index in [1.165, 1.54) is 27.8 Å². The minimum absolute atomic E-state index is 0.184. The molecular weight excluding hydrogens is 336 g/mol. The van der Waals surface area contributed by atoms with Crippen LogP contribution in [0.4, 0.5) is 0 Å². The van der Waals surface area contributed by atoms with Crippen molar-refractivity contribution in [3.05, 3.63) is 73.1 Å². The summed E-state index contributed by atoms with van der Waals surface area (Å²) < 4.78 is 11.9. The first-order valence-electron chi connectivity index (χ1n) is 9.65. The minimum Gasteiger partial charge on any atom is -0.488 e. The molecule has 0 N–H and O–H groups in total. The molecule has 0 bridgehead atoms. The number of rotatable bonds is 3. The summed E-state index contributed by atoms with van der Waals surface area (Å²) >= 11 is 0. The second-order valence-electron chi connectivity index (χ2n) is 7.79. The van der Waals surface area contributed by atoms with Crippen molar-refractivity contribution >= 4 is 11.0 Å². The molecule has 0 radical (unpaired) electrons. The highest BCUT2D eigenvalue weighted by atomic mass is 16.5. The Morgan fingerprint density at radius 1 is 0.926 bits per heavy atom. The van der Waals surface area contributed by atoms with Crippen LogP contribution in [-0.4, -0.2) is 0 Å². The third kappa shape index (κ3) is 2.86. The molecule has 0 unspecified atom stereocenters. The van der Waals surface area contributed by atoms with E-state index in [1.807, 2.05) is 19.1 Å². The number of aryl methyl sites for hydroxylation is 4. The van der Waals surface area contributed by atoms with E-state index in [0.717, 1.165) is 47.1 Å². The second kappa shape index (κ2) is 6.56. The molecule has 0 amide bonds. The van der Waals surface area contributed by atoms with Crippen LogP contribution in [-0.2, 0) is 19.4 Å². The van der Waals surface area contributed by atoms with E-state index in [-0.39, 0.29) is 5.63 Å². The van der Waals surface area contributed by atoms with Crippen LogP contribution in [0.25, 0.3) is 11.0 Å². The predicted molar refractivity (Wildman–Crippen MR) is 109 cm³/mol. The Morgan fingerprint density at radius 2 is 1.59 bits per heavy atom. The Morgan fingerprint density at radius 3 is 2.30 bits per heavy atom.